The third kappa shape index (κ3) is 5.87. The van der Waals surface area contributed by atoms with E-state index < -0.39 is 18.0 Å². The predicted octanol–water partition coefficient (Wildman–Crippen LogP) is -0.259. The number of carboxylic acids is 1. The minimum Gasteiger partial charge on any atom is -0.480 e. The summed E-state index contributed by atoms with van der Waals surface area (Å²) < 4.78 is 4.84. The molecule has 1 aromatic rings. The van der Waals surface area contributed by atoms with E-state index in [4.69, 9.17) is 9.84 Å². The lowest BCUT2D eigenvalue weighted by Gasteiger charge is -2.14. The Hall–Kier alpha value is -2.09. The zero-order valence-corrected chi connectivity index (χ0v) is 10.7. The number of carbonyl (C=O) groups is 2. The van der Waals surface area contributed by atoms with Crippen LogP contribution in [0.1, 0.15) is 12.1 Å². The van der Waals surface area contributed by atoms with Crippen LogP contribution in [0.3, 0.4) is 0 Å². The Balaban J connectivity index is 2.36. The fraction of sp³-hybridized carbons (Fsp3) is 0.545. The van der Waals surface area contributed by atoms with Gasteiger partial charge in [0.2, 0.25) is 0 Å². The molecule has 8 heteroatoms. The molecule has 106 valence electrons. The SMILES string of the molecule is COCCCNC(=O)N[C@H](Cc1cnc[nH]1)C(=O)O. The summed E-state index contributed by atoms with van der Waals surface area (Å²) in [6, 6.07) is -1.51. The highest BCUT2D eigenvalue weighted by Crippen LogP contribution is 1.98. The van der Waals surface area contributed by atoms with Crippen LogP contribution in [-0.4, -0.2) is 53.4 Å². The molecule has 0 fully saturated rings. The summed E-state index contributed by atoms with van der Waals surface area (Å²) in [5, 5.41) is 14.0. The van der Waals surface area contributed by atoms with E-state index in [-0.39, 0.29) is 6.42 Å². The summed E-state index contributed by atoms with van der Waals surface area (Å²) >= 11 is 0. The zero-order chi connectivity index (χ0) is 14.1. The fourth-order valence-corrected chi connectivity index (χ4v) is 1.44. The molecule has 1 aromatic heterocycles. The second kappa shape index (κ2) is 8.09. The molecule has 0 bridgehead atoms. The summed E-state index contributed by atoms with van der Waals surface area (Å²) in [4.78, 5) is 29.1. The van der Waals surface area contributed by atoms with Crippen molar-refractivity contribution in [2.45, 2.75) is 18.9 Å². The number of aliphatic carboxylic acids is 1. The average Bonchev–Trinajstić information content (AvgIpc) is 2.86. The Kier molecular flexibility index (Phi) is 6.37. The maximum absolute atomic E-state index is 11.5. The number of nitrogens with one attached hydrogen (secondary N) is 3. The third-order valence-electron chi connectivity index (χ3n) is 2.39. The van der Waals surface area contributed by atoms with Crippen LogP contribution in [0.15, 0.2) is 12.5 Å². The van der Waals surface area contributed by atoms with Gasteiger partial charge >= 0.3 is 12.0 Å². The van der Waals surface area contributed by atoms with Crippen molar-refractivity contribution in [1.29, 1.82) is 0 Å². The van der Waals surface area contributed by atoms with Crippen LogP contribution < -0.4 is 10.6 Å². The molecule has 0 spiro atoms. The molecule has 0 aliphatic heterocycles. The second-order valence-electron chi connectivity index (χ2n) is 3.92. The number of methoxy groups -OCH3 is 1. The van der Waals surface area contributed by atoms with E-state index in [2.05, 4.69) is 20.6 Å². The van der Waals surface area contributed by atoms with Gasteiger partial charge in [-0.2, -0.15) is 0 Å². The lowest BCUT2D eigenvalue weighted by atomic mass is 10.2. The van der Waals surface area contributed by atoms with Gasteiger partial charge in [0, 0.05) is 38.6 Å². The highest BCUT2D eigenvalue weighted by molar-refractivity contribution is 5.82. The normalized spacial score (nSPS) is 11.8. The lowest BCUT2D eigenvalue weighted by Crippen LogP contribution is -2.47. The van der Waals surface area contributed by atoms with Crippen molar-refractivity contribution in [3.8, 4) is 0 Å². The summed E-state index contributed by atoms with van der Waals surface area (Å²) in [7, 11) is 1.57. The number of rotatable bonds is 8. The van der Waals surface area contributed by atoms with Crippen LogP contribution in [0.5, 0.6) is 0 Å². The van der Waals surface area contributed by atoms with Crippen LogP contribution in [0.4, 0.5) is 4.79 Å². The monoisotopic (exact) mass is 270 g/mol. The van der Waals surface area contributed by atoms with Gasteiger partial charge < -0.3 is 25.5 Å². The van der Waals surface area contributed by atoms with Gasteiger partial charge in [-0.05, 0) is 6.42 Å². The van der Waals surface area contributed by atoms with Gasteiger partial charge in [-0.1, -0.05) is 0 Å². The number of nitrogens with zero attached hydrogens (tertiary/aromatic N) is 1. The standard InChI is InChI=1S/C11H18N4O4/c1-19-4-2-3-13-11(18)15-9(10(16)17)5-8-6-12-7-14-8/h6-7,9H,2-5H2,1H3,(H,12,14)(H,16,17)(H2,13,15,18)/t9-/m1/s1. The first-order valence-electron chi connectivity index (χ1n) is 5.87. The smallest absolute Gasteiger partial charge is 0.326 e. The summed E-state index contributed by atoms with van der Waals surface area (Å²) in [6.45, 7) is 0.965. The molecule has 19 heavy (non-hydrogen) atoms. The number of H-pyrrole nitrogens is 1. The number of aromatic amines is 1. The molecule has 2 amide bonds. The fourth-order valence-electron chi connectivity index (χ4n) is 1.44. The summed E-state index contributed by atoms with van der Waals surface area (Å²) in [5.41, 5.74) is 0.645. The number of amides is 2. The van der Waals surface area contributed by atoms with Gasteiger partial charge in [-0.15, -0.1) is 0 Å². The molecule has 4 N–H and O–H groups in total. The molecule has 1 atom stereocenters. The predicted molar refractivity (Wildman–Crippen MR) is 66.7 cm³/mol. The van der Waals surface area contributed by atoms with Gasteiger partial charge in [0.05, 0.1) is 6.33 Å². The van der Waals surface area contributed by atoms with E-state index >= 15 is 0 Å². The van der Waals surface area contributed by atoms with Crippen molar-refractivity contribution >= 4 is 12.0 Å². The maximum Gasteiger partial charge on any atom is 0.326 e. The van der Waals surface area contributed by atoms with Crippen molar-refractivity contribution in [1.82, 2.24) is 20.6 Å². The minimum absolute atomic E-state index is 0.154. The molecule has 8 nitrogen and oxygen atoms in total. The van der Waals surface area contributed by atoms with Gasteiger partial charge in [0.15, 0.2) is 0 Å². The van der Waals surface area contributed by atoms with E-state index in [0.717, 1.165) is 0 Å². The van der Waals surface area contributed by atoms with Gasteiger partial charge in [-0.25, -0.2) is 14.6 Å². The molecule has 1 rings (SSSR count). The van der Waals surface area contributed by atoms with E-state index in [1.807, 2.05) is 0 Å². The molecular weight excluding hydrogens is 252 g/mol. The van der Waals surface area contributed by atoms with Crippen LogP contribution in [0, 0.1) is 0 Å². The number of carboxylic acid groups (broad SMARTS) is 1. The zero-order valence-electron chi connectivity index (χ0n) is 10.7. The Morgan fingerprint density at radius 1 is 1.58 bits per heavy atom. The molecule has 0 saturated carbocycles. The van der Waals surface area contributed by atoms with Crippen molar-refractivity contribution < 1.29 is 19.4 Å². The highest BCUT2D eigenvalue weighted by atomic mass is 16.5. The van der Waals surface area contributed by atoms with Crippen molar-refractivity contribution in [2.24, 2.45) is 0 Å². The molecule has 0 aliphatic carbocycles. The largest absolute Gasteiger partial charge is 0.480 e. The quantitative estimate of drug-likeness (QED) is 0.486. The Bertz CT molecular complexity index is 393. The van der Waals surface area contributed by atoms with Crippen LogP contribution in [0.25, 0.3) is 0 Å². The first-order chi connectivity index (χ1) is 9.13. The number of carbonyl (C=O) groups excluding carboxylic acids is 1. The Labute approximate surface area is 110 Å². The van der Waals surface area contributed by atoms with Gasteiger partial charge in [0.25, 0.3) is 0 Å². The number of urea groups is 1. The number of imidazole rings is 1. The third-order valence-corrected chi connectivity index (χ3v) is 2.39. The molecular formula is C11H18N4O4. The lowest BCUT2D eigenvalue weighted by molar-refractivity contribution is -0.139. The summed E-state index contributed by atoms with van der Waals surface area (Å²) in [6.07, 6.45) is 3.80. The number of hydrogen-bond donors (Lipinski definition) is 4. The van der Waals surface area contributed by atoms with Crippen LogP contribution >= 0.6 is 0 Å². The van der Waals surface area contributed by atoms with E-state index in [9.17, 15) is 9.59 Å². The topological polar surface area (TPSA) is 116 Å². The average molecular weight is 270 g/mol. The van der Waals surface area contributed by atoms with Crippen molar-refractivity contribution in [3.63, 3.8) is 0 Å². The van der Waals surface area contributed by atoms with E-state index in [0.29, 0.717) is 25.3 Å². The van der Waals surface area contributed by atoms with E-state index in [1.54, 1.807) is 7.11 Å². The van der Waals surface area contributed by atoms with Gasteiger partial charge in [-0.3, -0.25) is 0 Å². The first-order valence-corrected chi connectivity index (χ1v) is 5.87. The van der Waals surface area contributed by atoms with Crippen molar-refractivity contribution in [2.75, 3.05) is 20.3 Å². The molecule has 0 radical (unpaired) electrons. The maximum atomic E-state index is 11.5. The molecule has 0 unspecified atom stereocenters. The Morgan fingerprint density at radius 2 is 2.37 bits per heavy atom. The first kappa shape index (κ1) is 15.0. The van der Waals surface area contributed by atoms with Crippen molar-refractivity contribution in [3.05, 3.63) is 18.2 Å². The van der Waals surface area contributed by atoms with Crippen LogP contribution in [0.2, 0.25) is 0 Å². The molecule has 0 aromatic carbocycles. The second-order valence-corrected chi connectivity index (χ2v) is 3.92. The van der Waals surface area contributed by atoms with E-state index in [1.165, 1.54) is 12.5 Å². The molecule has 0 aliphatic rings. The number of aromatic nitrogens is 2. The summed E-state index contributed by atoms with van der Waals surface area (Å²) in [5.74, 6) is -1.10. The highest BCUT2D eigenvalue weighted by Gasteiger charge is 2.20. The molecule has 1 heterocycles. The number of ether oxygens (including phenoxy) is 1. The van der Waals surface area contributed by atoms with Crippen LogP contribution in [-0.2, 0) is 16.0 Å². The molecule has 0 saturated heterocycles. The minimum atomic E-state index is -1.10. The Morgan fingerprint density at radius 3 is 2.95 bits per heavy atom. The number of hydrogen-bond acceptors (Lipinski definition) is 4. The van der Waals surface area contributed by atoms with Gasteiger partial charge in [0.1, 0.15) is 6.04 Å².